The molecule has 0 fully saturated rings. The maximum Gasteiger partial charge on any atom is 0.142 e. The number of nitrogen functional groups attached to an aromatic ring is 1. The van der Waals surface area contributed by atoms with Crippen molar-refractivity contribution in [1.29, 1.82) is 5.26 Å². The largest absolute Gasteiger partial charge is 0.383 e. The van der Waals surface area contributed by atoms with Gasteiger partial charge in [0.2, 0.25) is 0 Å². The monoisotopic (exact) mass is 209 g/mol. The van der Waals surface area contributed by atoms with Crippen LogP contribution in [0.15, 0.2) is 36.4 Å². The highest BCUT2D eigenvalue weighted by Crippen LogP contribution is 2.22. The van der Waals surface area contributed by atoms with Crippen LogP contribution in [0.25, 0.3) is 11.3 Å². The Kier molecular flexibility index (Phi) is 2.57. The molecule has 2 N–H and O–H groups in total. The minimum atomic E-state index is 0.293. The van der Waals surface area contributed by atoms with Gasteiger partial charge >= 0.3 is 0 Å². The van der Waals surface area contributed by atoms with Crippen molar-refractivity contribution in [3.63, 3.8) is 0 Å². The zero-order valence-corrected chi connectivity index (χ0v) is 8.94. The first-order valence-electron chi connectivity index (χ1n) is 4.95. The fraction of sp³-hybridized carbons (Fsp3) is 0.0769. The predicted octanol–water partition coefficient (Wildman–Crippen LogP) is 2.51. The van der Waals surface area contributed by atoms with Crippen LogP contribution >= 0.6 is 0 Å². The minimum absolute atomic E-state index is 0.293. The zero-order valence-electron chi connectivity index (χ0n) is 8.94. The van der Waals surface area contributed by atoms with Crippen LogP contribution in [0, 0.1) is 18.3 Å². The lowest BCUT2D eigenvalue weighted by Gasteiger charge is -2.06. The number of nitrogens with zero attached hydrogens (tertiary/aromatic N) is 2. The Labute approximate surface area is 94.2 Å². The van der Waals surface area contributed by atoms with Crippen LogP contribution in [-0.2, 0) is 0 Å². The molecule has 1 aromatic carbocycles. The van der Waals surface area contributed by atoms with Crippen molar-refractivity contribution in [2.45, 2.75) is 6.92 Å². The lowest BCUT2D eigenvalue weighted by atomic mass is 10.1. The van der Waals surface area contributed by atoms with Crippen LogP contribution in [0.1, 0.15) is 11.1 Å². The van der Waals surface area contributed by atoms with Crippen molar-refractivity contribution < 1.29 is 0 Å². The van der Waals surface area contributed by atoms with E-state index in [1.165, 1.54) is 0 Å². The van der Waals surface area contributed by atoms with Crippen molar-refractivity contribution in [3.05, 3.63) is 47.5 Å². The van der Waals surface area contributed by atoms with Crippen LogP contribution in [0.3, 0.4) is 0 Å². The van der Waals surface area contributed by atoms with Gasteiger partial charge in [-0.2, -0.15) is 5.26 Å². The molecule has 0 bridgehead atoms. The summed E-state index contributed by atoms with van der Waals surface area (Å²) in [5, 5.41) is 8.89. The Morgan fingerprint density at radius 2 is 1.94 bits per heavy atom. The maximum absolute atomic E-state index is 8.89. The molecule has 1 aromatic heterocycles. The van der Waals surface area contributed by atoms with E-state index in [4.69, 9.17) is 11.0 Å². The van der Waals surface area contributed by atoms with E-state index in [2.05, 4.69) is 11.1 Å². The van der Waals surface area contributed by atoms with Gasteiger partial charge in [0.25, 0.3) is 0 Å². The fourth-order valence-corrected chi connectivity index (χ4v) is 1.60. The Bertz CT molecular complexity index is 530. The van der Waals surface area contributed by atoms with Crippen LogP contribution in [-0.4, -0.2) is 4.98 Å². The number of anilines is 1. The van der Waals surface area contributed by atoms with E-state index < -0.39 is 0 Å². The molecule has 0 saturated carbocycles. The molecular weight excluding hydrogens is 198 g/mol. The average molecular weight is 209 g/mol. The van der Waals surface area contributed by atoms with Crippen molar-refractivity contribution in [1.82, 2.24) is 4.98 Å². The Morgan fingerprint density at radius 1 is 1.25 bits per heavy atom. The smallest absolute Gasteiger partial charge is 0.142 e. The van der Waals surface area contributed by atoms with E-state index in [-0.39, 0.29) is 0 Å². The Morgan fingerprint density at radius 3 is 2.50 bits per heavy atom. The molecule has 1 heterocycles. The quantitative estimate of drug-likeness (QED) is 0.784. The lowest BCUT2D eigenvalue weighted by molar-refractivity contribution is 1.26. The average Bonchev–Trinajstić information content (AvgIpc) is 2.30. The van der Waals surface area contributed by atoms with E-state index in [1.807, 2.05) is 43.3 Å². The van der Waals surface area contributed by atoms with E-state index in [0.717, 1.165) is 16.8 Å². The molecule has 0 aliphatic rings. The van der Waals surface area contributed by atoms with Crippen molar-refractivity contribution >= 4 is 5.82 Å². The third-order valence-corrected chi connectivity index (χ3v) is 2.43. The van der Waals surface area contributed by atoms with Gasteiger partial charge in [0.15, 0.2) is 0 Å². The molecule has 0 radical (unpaired) electrons. The van der Waals surface area contributed by atoms with Gasteiger partial charge in [0.1, 0.15) is 11.9 Å². The summed E-state index contributed by atoms with van der Waals surface area (Å²) in [6.07, 6.45) is 0. The van der Waals surface area contributed by atoms with Gasteiger partial charge in [0.05, 0.1) is 11.3 Å². The summed E-state index contributed by atoms with van der Waals surface area (Å²) in [4.78, 5) is 4.23. The summed E-state index contributed by atoms with van der Waals surface area (Å²) < 4.78 is 0. The van der Waals surface area contributed by atoms with Crippen LogP contribution in [0.2, 0.25) is 0 Å². The summed E-state index contributed by atoms with van der Waals surface area (Å²) in [5.41, 5.74) is 8.85. The molecule has 3 heteroatoms. The second-order valence-corrected chi connectivity index (χ2v) is 3.56. The zero-order chi connectivity index (χ0) is 11.5. The summed E-state index contributed by atoms with van der Waals surface area (Å²) in [5.74, 6) is 0.293. The number of aromatic nitrogens is 1. The normalized spacial score (nSPS) is 9.75. The number of rotatable bonds is 1. The van der Waals surface area contributed by atoms with Gasteiger partial charge < -0.3 is 5.73 Å². The predicted molar refractivity (Wildman–Crippen MR) is 63.5 cm³/mol. The second kappa shape index (κ2) is 4.03. The molecule has 0 amide bonds. The SMILES string of the molecule is Cc1cc(-c2ccccc2)nc(N)c1C#N. The Hall–Kier alpha value is -2.34. The standard InChI is InChI=1S/C13H11N3/c1-9-7-12(10-5-3-2-4-6-10)16-13(15)11(9)8-14/h2-7H,1H3,(H2,15,16). The highest BCUT2D eigenvalue weighted by molar-refractivity contribution is 5.65. The number of aryl methyl sites for hydroxylation is 1. The maximum atomic E-state index is 8.89. The summed E-state index contributed by atoms with van der Waals surface area (Å²) in [7, 11) is 0. The number of benzene rings is 1. The molecule has 0 aliphatic heterocycles. The molecule has 78 valence electrons. The van der Waals surface area contributed by atoms with Crippen molar-refractivity contribution in [2.24, 2.45) is 0 Å². The second-order valence-electron chi connectivity index (χ2n) is 3.56. The molecule has 0 saturated heterocycles. The van der Waals surface area contributed by atoms with Gasteiger partial charge in [0, 0.05) is 5.56 Å². The first kappa shape index (κ1) is 10.2. The van der Waals surface area contributed by atoms with Gasteiger partial charge in [-0.15, -0.1) is 0 Å². The lowest BCUT2D eigenvalue weighted by Crippen LogP contribution is -1.99. The molecule has 2 rings (SSSR count). The fourth-order valence-electron chi connectivity index (χ4n) is 1.60. The first-order chi connectivity index (χ1) is 7.72. The molecule has 0 spiro atoms. The summed E-state index contributed by atoms with van der Waals surface area (Å²) in [6, 6.07) is 13.7. The molecule has 0 atom stereocenters. The number of nitrogens with two attached hydrogens (primary N) is 1. The molecule has 0 unspecified atom stereocenters. The number of hydrogen-bond donors (Lipinski definition) is 1. The van der Waals surface area contributed by atoms with E-state index >= 15 is 0 Å². The van der Waals surface area contributed by atoms with E-state index in [0.29, 0.717) is 11.4 Å². The molecule has 0 aliphatic carbocycles. The van der Waals surface area contributed by atoms with Crippen LogP contribution < -0.4 is 5.73 Å². The van der Waals surface area contributed by atoms with Gasteiger partial charge in [-0.3, -0.25) is 0 Å². The minimum Gasteiger partial charge on any atom is -0.383 e. The highest BCUT2D eigenvalue weighted by Gasteiger charge is 2.07. The highest BCUT2D eigenvalue weighted by atomic mass is 14.8. The summed E-state index contributed by atoms with van der Waals surface area (Å²) in [6.45, 7) is 1.86. The molecule has 3 nitrogen and oxygen atoms in total. The molecule has 2 aromatic rings. The van der Waals surface area contributed by atoms with Crippen LogP contribution in [0.4, 0.5) is 5.82 Å². The van der Waals surface area contributed by atoms with Crippen molar-refractivity contribution in [2.75, 3.05) is 5.73 Å². The molecule has 16 heavy (non-hydrogen) atoms. The molecular formula is C13H11N3. The van der Waals surface area contributed by atoms with Gasteiger partial charge in [-0.25, -0.2) is 4.98 Å². The number of nitriles is 1. The van der Waals surface area contributed by atoms with E-state index in [1.54, 1.807) is 0 Å². The van der Waals surface area contributed by atoms with Gasteiger partial charge in [-0.1, -0.05) is 30.3 Å². The third-order valence-electron chi connectivity index (χ3n) is 2.43. The Balaban J connectivity index is 2.58. The topological polar surface area (TPSA) is 62.7 Å². The third kappa shape index (κ3) is 1.73. The number of hydrogen-bond acceptors (Lipinski definition) is 3. The van der Waals surface area contributed by atoms with Gasteiger partial charge in [-0.05, 0) is 18.6 Å². The van der Waals surface area contributed by atoms with Crippen LogP contribution in [0.5, 0.6) is 0 Å². The summed E-state index contributed by atoms with van der Waals surface area (Å²) >= 11 is 0. The number of pyridine rings is 1. The van der Waals surface area contributed by atoms with Crippen molar-refractivity contribution in [3.8, 4) is 17.3 Å². The first-order valence-corrected chi connectivity index (χ1v) is 4.95. The van der Waals surface area contributed by atoms with E-state index in [9.17, 15) is 0 Å².